The quantitative estimate of drug-likeness (QED) is 0.320. The molecule has 0 aromatic heterocycles. The zero-order valence-electron chi connectivity index (χ0n) is 10.5. The Morgan fingerprint density at radius 3 is 1.50 bits per heavy atom. The molecule has 0 atom stereocenters. The van der Waals surface area contributed by atoms with Gasteiger partial charge < -0.3 is 5.11 Å². The van der Waals surface area contributed by atoms with Gasteiger partial charge in [-0.3, -0.25) is 0 Å². The minimum absolute atomic E-state index is 0.347. The van der Waals surface area contributed by atoms with Crippen LogP contribution in [0, 0.1) is 0 Å². The van der Waals surface area contributed by atoms with Crippen molar-refractivity contribution in [3.8, 4) is 0 Å². The van der Waals surface area contributed by atoms with E-state index < -0.39 is 6.69 Å². The van der Waals surface area contributed by atoms with Crippen molar-refractivity contribution >= 4 is 28.9 Å². The van der Waals surface area contributed by atoms with Gasteiger partial charge in [0.05, 0.1) is 0 Å². The Hall–Kier alpha value is 0.757. The van der Waals surface area contributed by atoms with Crippen LogP contribution in [0.4, 0.5) is 0 Å². The summed E-state index contributed by atoms with van der Waals surface area (Å²) in [5, 5.41) is 8.61. The molecule has 0 aromatic rings. The maximum absolute atomic E-state index is 8.61. The number of hydrogen-bond acceptors (Lipinski definition) is 1. The molecule has 16 heavy (non-hydrogen) atoms. The van der Waals surface area contributed by atoms with Crippen LogP contribution in [0.25, 0.3) is 0 Å². The van der Waals surface area contributed by atoms with Crippen LogP contribution in [0.15, 0.2) is 0 Å². The fourth-order valence-corrected chi connectivity index (χ4v) is 3.46. The van der Waals surface area contributed by atoms with Crippen LogP contribution in [0.5, 0.6) is 0 Å². The average molecular weight is 285 g/mol. The van der Waals surface area contributed by atoms with E-state index in [1.165, 1.54) is 51.4 Å². The highest BCUT2D eigenvalue weighted by atomic mass is 35.7. The summed E-state index contributed by atoms with van der Waals surface area (Å²) in [5.41, 5.74) is 0. The highest BCUT2D eigenvalue weighted by Crippen LogP contribution is 2.23. The monoisotopic (exact) mass is 284 g/mol. The summed E-state index contributed by atoms with van der Waals surface area (Å²) in [7, 11) is 0. The maximum atomic E-state index is 8.61. The zero-order valence-corrected chi connectivity index (χ0v) is 13.0. The Bertz CT molecular complexity index is 148. The fraction of sp³-hybridized carbons (Fsp3) is 1.00. The second-order valence-corrected chi connectivity index (χ2v) is 13.0. The second-order valence-electron chi connectivity index (χ2n) is 4.73. The maximum Gasteiger partial charge on any atom is 0.248 e. The molecule has 1 nitrogen and oxygen atoms in total. The number of aliphatic hydroxyl groups is 1. The van der Waals surface area contributed by atoms with Crippen molar-refractivity contribution in [2.24, 2.45) is 0 Å². The average Bonchev–Trinajstić information content (AvgIpc) is 2.19. The van der Waals surface area contributed by atoms with Gasteiger partial charge in [-0.1, -0.05) is 51.4 Å². The van der Waals surface area contributed by atoms with Gasteiger partial charge in [-0.25, -0.2) is 0 Å². The van der Waals surface area contributed by atoms with Crippen LogP contribution >= 0.6 is 22.2 Å². The van der Waals surface area contributed by atoms with Gasteiger partial charge in [0.2, 0.25) is 6.69 Å². The largest absolute Gasteiger partial charge is 0.396 e. The molecule has 0 aliphatic rings. The van der Waals surface area contributed by atoms with Gasteiger partial charge in [0, 0.05) is 6.61 Å². The van der Waals surface area contributed by atoms with Crippen molar-refractivity contribution in [3.05, 3.63) is 0 Å². The third kappa shape index (κ3) is 14.8. The number of unbranched alkanes of at least 4 members (excludes halogenated alkanes) is 8. The Kier molecular flexibility index (Phi) is 11.4. The van der Waals surface area contributed by atoms with Crippen molar-refractivity contribution in [2.75, 3.05) is 6.61 Å². The van der Waals surface area contributed by atoms with Gasteiger partial charge in [-0.15, -0.1) is 22.2 Å². The van der Waals surface area contributed by atoms with E-state index in [0.717, 1.165) is 12.5 Å². The minimum atomic E-state index is -1.83. The topological polar surface area (TPSA) is 20.2 Å². The number of halogens is 2. The van der Waals surface area contributed by atoms with E-state index in [0.29, 0.717) is 6.61 Å². The molecule has 0 radical (unpaired) electrons. The Morgan fingerprint density at radius 1 is 0.750 bits per heavy atom. The molecule has 0 fully saturated rings. The molecule has 0 saturated heterocycles. The third-order valence-corrected chi connectivity index (χ3v) is 5.14. The van der Waals surface area contributed by atoms with Gasteiger partial charge in [0.1, 0.15) is 0 Å². The molecule has 0 bridgehead atoms. The van der Waals surface area contributed by atoms with Crippen molar-refractivity contribution < 1.29 is 5.11 Å². The lowest BCUT2D eigenvalue weighted by Gasteiger charge is -2.09. The van der Waals surface area contributed by atoms with E-state index in [1.54, 1.807) is 0 Å². The summed E-state index contributed by atoms with van der Waals surface area (Å²) in [6.07, 6.45) is 11.2. The molecule has 0 aromatic carbocycles. The normalized spacial score (nSPS) is 12.0. The first-order chi connectivity index (χ1) is 7.56. The van der Waals surface area contributed by atoms with E-state index in [-0.39, 0.29) is 0 Å². The van der Waals surface area contributed by atoms with E-state index >= 15 is 0 Å². The minimum Gasteiger partial charge on any atom is -0.396 e. The predicted molar refractivity (Wildman–Crippen MR) is 76.8 cm³/mol. The Labute approximate surface area is 111 Å². The summed E-state index contributed by atoms with van der Waals surface area (Å²) in [5.74, 6) is 0. The molecule has 98 valence electrons. The van der Waals surface area contributed by atoms with Crippen molar-refractivity contribution in [3.63, 3.8) is 0 Å². The third-order valence-electron chi connectivity index (χ3n) is 2.77. The predicted octanol–water partition coefficient (Wildman–Crippen LogP) is 5.04. The van der Waals surface area contributed by atoms with E-state index in [4.69, 9.17) is 27.3 Å². The molecule has 0 heterocycles. The molecule has 1 N–H and O–H groups in total. The van der Waals surface area contributed by atoms with Gasteiger partial charge in [-0.2, -0.15) is 0 Å². The Balaban J connectivity index is 2.99. The van der Waals surface area contributed by atoms with Gasteiger partial charge in [0.15, 0.2) is 0 Å². The van der Waals surface area contributed by atoms with Gasteiger partial charge in [0.25, 0.3) is 0 Å². The van der Waals surface area contributed by atoms with Gasteiger partial charge >= 0.3 is 0 Å². The molecule has 0 rings (SSSR count). The smallest absolute Gasteiger partial charge is 0.248 e. The molecular weight excluding hydrogens is 259 g/mol. The van der Waals surface area contributed by atoms with Crippen molar-refractivity contribution in [1.29, 1.82) is 0 Å². The van der Waals surface area contributed by atoms with Crippen molar-refractivity contribution in [2.45, 2.75) is 70.4 Å². The van der Waals surface area contributed by atoms with Gasteiger partial charge in [-0.05, 0) is 19.0 Å². The zero-order chi connectivity index (χ0) is 12.3. The standard InChI is InChI=1S/C12H26Cl2OSi/c1-16(13,14)12-10-8-6-4-2-3-5-7-9-11-15/h15H,2-12H2,1H3. The number of aliphatic hydroxyl groups excluding tert-OH is 1. The molecule has 0 unspecified atom stereocenters. The molecule has 0 amide bonds. The molecular formula is C12H26Cl2OSi. The summed E-state index contributed by atoms with van der Waals surface area (Å²) in [6, 6.07) is 1.03. The highest BCUT2D eigenvalue weighted by Gasteiger charge is 2.19. The summed E-state index contributed by atoms with van der Waals surface area (Å²) in [6.45, 7) is 0.517. The van der Waals surface area contributed by atoms with Crippen LogP contribution in [0.3, 0.4) is 0 Å². The van der Waals surface area contributed by atoms with Crippen LogP contribution < -0.4 is 0 Å². The summed E-state index contributed by atoms with van der Waals surface area (Å²) < 4.78 is 0. The summed E-state index contributed by atoms with van der Waals surface area (Å²) >= 11 is 12.1. The SMILES string of the molecule is C[Si](Cl)(Cl)CCCCCCCCCCCO. The lowest BCUT2D eigenvalue weighted by atomic mass is 10.1. The lowest BCUT2D eigenvalue weighted by Crippen LogP contribution is -2.11. The van der Waals surface area contributed by atoms with Crippen molar-refractivity contribution in [1.82, 2.24) is 0 Å². The molecule has 0 aliphatic carbocycles. The first-order valence-electron chi connectivity index (χ1n) is 6.55. The molecule has 0 spiro atoms. The van der Waals surface area contributed by atoms with E-state index in [1.807, 2.05) is 6.55 Å². The number of hydrogen-bond donors (Lipinski definition) is 1. The van der Waals surface area contributed by atoms with E-state index in [9.17, 15) is 0 Å². The van der Waals surface area contributed by atoms with Crippen LogP contribution in [0.1, 0.15) is 57.8 Å². The lowest BCUT2D eigenvalue weighted by molar-refractivity contribution is 0.282. The first-order valence-corrected chi connectivity index (χ1v) is 11.3. The van der Waals surface area contributed by atoms with Crippen LogP contribution in [-0.4, -0.2) is 18.4 Å². The molecule has 4 heteroatoms. The highest BCUT2D eigenvalue weighted by molar-refractivity contribution is 7.44. The molecule has 0 aliphatic heterocycles. The summed E-state index contributed by atoms with van der Waals surface area (Å²) in [4.78, 5) is 0. The van der Waals surface area contributed by atoms with Crippen LogP contribution in [0.2, 0.25) is 12.6 Å². The fourth-order valence-electron chi connectivity index (χ4n) is 1.78. The van der Waals surface area contributed by atoms with Crippen LogP contribution in [-0.2, 0) is 0 Å². The first kappa shape index (κ1) is 16.8. The molecule has 0 saturated carbocycles. The Morgan fingerprint density at radius 2 is 1.12 bits per heavy atom. The second kappa shape index (κ2) is 10.9. The van der Waals surface area contributed by atoms with E-state index in [2.05, 4.69) is 0 Å². The number of rotatable bonds is 11.